The minimum absolute atomic E-state index is 0.0344. The topological polar surface area (TPSA) is 153 Å². The molecular formula is C7H9N7O2S. The molecule has 0 unspecified atom stereocenters. The summed E-state index contributed by atoms with van der Waals surface area (Å²) in [6, 6.07) is 1.30. The van der Waals surface area contributed by atoms with E-state index >= 15 is 0 Å². The Bertz CT molecular complexity index is 627. The third-order valence-corrected chi connectivity index (χ3v) is 3.21. The lowest BCUT2D eigenvalue weighted by Crippen LogP contribution is -2.18. The number of hydrogen-bond acceptors (Lipinski definition) is 5. The van der Waals surface area contributed by atoms with E-state index in [2.05, 4.69) is 25.1 Å². The van der Waals surface area contributed by atoms with Crippen molar-refractivity contribution in [1.82, 2.24) is 20.4 Å². The third-order valence-electron chi connectivity index (χ3n) is 1.93. The van der Waals surface area contributed by atoms with E-state index in [1.165, 1.54) is 18.5 Å². The second kappa shape index (κ2) is 3.90. The van der Waals surface area contributed by atoms with Crippen molar-refractivity contribution in [2.45, 2.75) is 5.03 Å². The van der Waals surface area contributed by atoms with E-state index in [0.29, 0.717) is 0 Å². The van der Waals surface area contributed by atoms with Gasteiger partial charge in [0.25, 0.3) is 10.0 Å². The molecule has 2 rings (SSSR count). The Balaban J connectivity index is 2.33. The number of amidine groups is 1. The Labute approximate surface area is 96.0 Å². The van der Waals surface area contributed by atoms with Crippen molar-refractivity contribution in [3.05, 3.63) is 24.0 Å². The van der Waals surface area contributed by atoms with E-state index in [-0.39, 0.29) is 22.2 Å². The summed E-state index contributed by atoms with van der Waals surface area (Å²) < 4.78 is 25.8. The van der Waals surface area contributed by atoms with Crippen LogP contribution in [-0.2, 0) is 10.0 Å². The summed E-state index contributed by atoms with van der Waals surface area (Å²) in [5.74, 6) is -0.256. The fraction of sp³-hybridized carbons (Fsp3) is 0. The van der Waals surface area contributed by atoms with Crippen LogP contribution in [0.3, 0.4) is 0 Å². The average molecular weight is 255 g/mol. The molecule has 2 aromatic heterocycles. The number of nitrogens with one attached hydrogen (secondary N) is 4. The maximum Gasteiger partial charge on any atom is 0.279 e. The second-order valence-electron chi connectivity index (χ2n) is 3.10. The number of rotatable bonds is 4. The van der Waals surface area contributed by atoms with Gasteiger partial charge in [0.1, 0.15) is 11.7 Å². The van der Waals surface area contributed by atoms with Crippen molar-refractivity contribution in [2.24, 2.45) is 5.73 Å². The molecule has 0 fully saturated rings. The van der Waals surface area contributed by atoms with Gasteiger partial charge in [-0.15, -0.1) is 0 Å². The summed E-state index contributed by atoms with van der Waals surface area (Å²) in [6.45, 7) is 0. The summed E-state index contributed by atoms with van der Waals surface area (Å²) in [5, 5.41) is 19.0. The Hall–Kier alpha value is -2.36. The molecule has 0 aliphatic carbocycles. The van der Waals surface area contributed by atoms with Gasteiger partial charge in [0.05, 0.1) is 18.0 Å². The van der Waals surface area contributed by atoms with Crippen LogP contribution in [0, 0.1) is 5.41 Å². The van der Waals surface area contributed by atoms with E-state index in [1.54, 1.807) is 0 Å². The van der Waals surface area contributed by atoms with Crippen molar-refractivity contribution in [3.8, 4) is 0 Å². The zero-order valence-corrected chi connectivity index (χ0v) is 9.25. The van der Waals surface area contributed by atoms with Crippen LogP contribution in [0.5, 0.6) is 0 Å². The van der Waals surface area contributed by atoms with E-state index < -0.39 is 10.0 Å². The molecule has 0 radical (unpaired) electrons. The number of hydrogen-bond donors (Lipinski definition) is 5. The number of sulfonamides is 1. The number of aromatic amines is 2. The van der Waals surface area contributed by atoms with Crippen molar-refractivity contribution in [3.63, 3.8) is 0 Å². The van der Waals surface area contributed by atoms with E-state index in [9.17, 15) is 8.42 Å². The summed E-state index contributed by atoms with van der Waals surface area (Å²) in [7, 11) is -3.79. The first kappa shape index (κ1) is 11.1. The van der Waals surface area contributed by atoms with Gasteiger partial charge in [0.15, 0.2) is 5.03 Å². The first-order chi connectivity index (χ1) is 8.00. The van der Waals surface area contributed by atoms with Crippen molar-refractivity contribution in [2.75, 3.05) is 4.72 Å². The summed E-state index contributed by atoms with van der Waals surface area (Å²) in [6.07, 6.45) is 2.57. The highest BCUT2D eigenvalue weighted by Gasteiger charge is 2.19. The number of anilines is 1. The Morgan fingerprint density at radius 1 is 1.41 bits per heavy atom. The lowest BCUT2D eigenvalue weighted by Gasteiger charge is -2.05. The quantitative estimate of drug-likeness (QED) is 0.358. The molecule has 2 heterocycles. The Kier molecular flexibility index (Phi) is 2.55. The highest BCUT2D eigenvalue weighted by Crippen LogP contribution is 2.15. The van der Waals surface area contributed by atoms with Gasteiger partial charge in [-0.05, 0) is 6.07 Å². The summed E-state index contributed by atoms with van der Waals surface area (Å²) >= 11 is 0. The molecule has 0 amide bonds. The smallest absolute Gasteiger partial charge is 0.279 e. The molecule has 0 bridgehead atoms. The van der Waals surface area contributed by atoms with Gasteiger partial charge in [-0.25, -0.2) is 0 Å². The van der Waals surface area contributed by atoms with Gasteiger partial charge in [-0.2, -0.15) is 18.6 Å². The molecule has 0 atom stereocenters. The largest absolute Gasteiger partial charge is 0.384 e. The van der Waals surface area contributed by atoms with Crippen molar-refractivity contribution >= 4 is 21.7 Å². The zero-order chi connectivity index (χ0) is 12.5. The van der Waals surface area contributed by atoms with Gasteiger partial charge < -0.3 is 5.73 Å². The van der Waals surface area contributed by atoms with E-state index in [4.69, 9.17) is 11.1 Å². The highest BCUT2D eigenvalue weighted by atomic mass is 32.2. The first-order valence-electron chi connectivity index (χ1n) is 4.40. The maximum absolute atomic E-state index is 11.8. The summed E-state index contributed by atoms with van der Waals surface area (Å²) in [5.41, 5.74) is 5.44. The van der Waals surface area contributed by atoms with Crippen LogP contribution in [0.4, 0.5) is 5.82 Å². The second-order valence-corrected chi connectivity index (χ2v) is 4.75. The van der Waals surface area contributed by atoms with Crippen LogP contribution in [0.2, 0.25) is 0 Å². The number of aromatic nitrogens is 4. The molecule has 0 aliphatic rings. The Morgan fingerprint density at radius 2 is 2.18 bits per heavy atom. The van der Waals surface area contributed by atoms with Crippen LogP contribution >= 0.6 is 0 Å². The third kappa shape index (κ3) is 2.10. The normalized spacial score (nSPS) is 11.3. The predicted octanol–water partition coefficient (Wildman–Crippen LogP) is -0.782. The highest BCUT2D eigenvalue weighted by molar-refractivity contribution is 7.92. The fourth-order valence-corrected chi connectivity index (χ4v) is 2.10. The van der Waals surface area contributed by atoms with E-state index in [1.807, 2.05) is 0 Å². The molecule has 0 saturated heterocycles. The monoisotopic (exact) mass is 255 g/mol. The number of nitrogen functional groups attached to an aromatic ring is 1. The average Bonchev–Trinajstić information content (AvgIpc) is 2.85. The van der Waals surface area contributed by atoms with Crippen LogP contribution in [0.1, 0.15) is 5.56 Å². The molecule has 90 valence electrons. The van der Waals surface area contributed by atoms with Crippen molar-refractivity contribution in [1.29, 1.82) is 5.41 Å². The van der Waals surface area contributed by atoms with Gasteiger partial charge >= 0.3 is 0 Å². The van der Waals surface area contributed by atoms with Crippen LogP contribution in [0.25, 0.3) is 0 Å². The number of H-pyrrole nitrogens is 2. The molecule has 0 saturated carbocycles. The molecule has 2 aromatic rings. The predicted molar refractivity (Wildman–Crippen MR) is 59.0 cm³/mol. The molecule has 0 aromatic carbocycles. The Morgan fingerprint density at radius 3 is 2.76 bits per heavy atom. The summed E-state index contributed by atoms with van der Waals surface area (Å²) in [4.78, 5) is 0. The minimum Gasteiger partial charge on any atom is -0.384 e. The molecule has 0 aliphatic heterocycles. The first-order valence-corrected chi connectivity index (χ1v) is 5.89. The minimum atomic E-state index is -3.79. The molecular weight excluding hydrogens is 246 g/mol. The molecule has 9 nitrogen and oxygen atoms in total. The molecule has 0 spiro atoms. The lowest BCUT2D eigenvalue weighted by molar-refractivity contribution is 0.597. The SMILES string of the molecule is N=C(N)c1cn[nH]c1NS(=O)(=O)c1ccn[nH]1. The van der Waals surface area contributed by atoms with Crippen molar-refractivity contribution < 1.29 is 8.42 Å². The van der Waals surface area contributed by atoms with Crippen LogP contribution in [-0.4, -0.2) is 34.6 Å². The van der Waals surface area contributed by atoms with Crippen LogP contribution < -0.4 is 10.5 Å². The zero-order valence-electron chi connectivity index (χ0n) is 8.43. The lowest BCUT2D eigenvalue weighted by atomic mass is 10.3. The van der Waals surface area contributed by atoms with Gasteiger partial charge in [0, 0.05) is 0 Å². The van der Waals surface area contributed by atoms with Gasteiger partial charge in [-0.1, -0.05) is 0 Å². The number of nitrogens with two attached hydrogens (primary N) is 1. The fourth-order valence-electron chi connectivity index (χ4n) is 1.15. The molecule has 17 heavy (non-hydrogen) atoms. The number of nitrogens with zero attached hydrogens (tertiary/aromatic N) is 2. The maximum atomic E-state index is 11.8. The molecule has 6 N–H and O–H groups in total. The van der Waals surface area contributed by atoms with Crippen LogP contribution in [0.15, 0.2) is 23.5 Å². The van der Waals surface area contributed by atoms with Gasteiger partial charge in [-0.3, -0.25) is 20.3 Å². The van der Waals surface area contributed by atoms with Gasteiger partial charge in [0.2, 0.25) is 0 Å². The molecule has 10 heteroatoms. The standard InChI is InChI=1S/C7H9N7O2S/c8-6(9)4-3-11-13-7(4)14-17(15,16)5-1-2-10-12-5/h1-3H,(H3,8,9)(H,10,12)(H2,11,13,14). The van der Waals surface area contributed by atoms with E-state index in [0.717, 1.165) is 0 Å².